The quantitative estimate of drug-likeness (QED) is 0.790. The summed E-state index contributed by atoms with van der Waals surface area (Å²) < 4.78 is 10.6. The predicted molar refractivity (Wildman–Crippen MR) is 59.0 cm³/mol. The first-order valence-corrected chi connectivity index (χ1v) is 6.01. The van der Waals surface area contributed by atoms with Crippen LogP contribution in [-0.2, 0) is 17.8 Å². The van der Waals surface area contributed by atoms with E-state index in [2.05, 4.69) is 22.4 Å². The fourth-order valence-electron chi connectivity index (χ4n) is 1.86. The van der Waals surface area contributed by atoms with Crippen LogP contribution in [0.4, 0.5) is 0 Å². The van der Waals surface area contributed by atoms with Crippen molar-refractivity contribution in [3.8, 4) is 0 Å². The number of hydrogen-bond acceptors (Lipinski definition) is 5. The Bertz CT molecular complexity index is 308. The normalized spacial score (nSPS) is 20.4. The van der Waals surface area contributed by atoms with E-state index in [1.54, 1.807) is 0 Å². The highest BCUT2D eigenvalue weighted by atomic mass is 16.5. The molecule has 1 aliphatic heterocycles. The molecule has 0 aromatic carbocycles. The van der Waals surface area contributed by atoms with E-state index >= 15 is 0 Å². The van der Waals surface area contributed by atoms with Crippen LogP contribution in [-0.4, -0.2) is 29.3 Å². The van der Waals surface area contributed by atoms with Crippen molar-refractivity contribution >= 4 is 0 Å². The Morgan fingerprint density at radius 1 is 1.56 bits per heavy atom. The van der Waals surface area contributed by atoms with E-state index in [0.29, 0.717) is 18.5 Å². The Morgan fingerprint density at radius 2 is 2.50 bits per heavy atom. The molecule has 1 unspecified atom stereocenters. The SMILES string of the molecule is CCCc1noc(COCC2CCCN2)n1. The van der Waals surface area contributed by atoms with E-state index in [1.165, 1.54) is 12.8 Å². The van der Waals surface area contributed by atoms with Crippen LogP contribution in [0.2, 0.25) is 0 Å². The molecule has 1 aliphatic rings. The number of rotatable bonds is 6. The highest BCUT2D eigenvalue weighted by molar-refractivity contribution is 4.84. The van der Waals surface area contributed by atoms with Gasteiger partial charge in [-0.3, -0.25) is 0 Å². The van der Waals surface area contributed by atoms with E-state index in [0.717, 1.165) is 31.8 Å². The summed E-state index contributed by atoms with van der Waals surface area (Å²) in [6.45, 7) is 4.36. The summed E-state index contributed by atoms with van der Waals surface area (Å²) in [6, 6.07) is 0.498. The third kappa shape index (κ3) is 3.28. The molecule has 2 heterocycles. The first-order valence-electron chi connectivity index (χ1n) is 6.01. The molecule has 90 valence electrons. The van der Waals surface area contributed by atoms with E-state index in [9.17, 15) is 0 Å². The molecule has 0 aliphatic carbocycles. The summed E-state index contributed by atoms with van der Waals surface area (Å²) in [5.41, 5.74) is 0. The lowest BCUT2D eigenvalue weighted by Gasteiger charge is -2.08. The molecule has 1 aromatic rings. The van der Waals surface area contributed by atoms with Gasteiger partial charge in [0.05, 0.1) is 6.61 Å². The van der Waals surface area contributed by atoms with Gasteiger partial charge in [0.25, 0.3) is 5.89 Å². The average molecular weight is 225 g/mol. The van der Waals surface area contributed by atoms with Gasteiger partial charge in [0.1, 0.15) is 6.61 Å². The second-order valence-corrected chi connectivity index (χ2v) is 4.16. The number of nitrogens with zero attached hydrogens (tertiary/aromatic N) is 2. The second kappa shape index (κ2) is 5.96. The van der Waals surface area contributed by atoms with Gasteiger partial charge in [-0.1, -0.05) is 12.1 Å². The lowest BCUT2D eigenvalue weighted by atomic mass is 10.2. The highest BCUT2D eigenvalue weighted by Gasteiger charge is 2.14. The molecule has 0 amide bonds. The Morgan fingerprint density at radius 3 is 3.25 bits per heavy atom. The number of ether oxygens (including phenoxy) is 1. The summed E-state index contributed by atoms with van der Waals surface area (Å²) in [4.78, 5) is 4.24. The zero-order chi connectivity index (χ0) is 11.2. The van der Waals surface area contributed by atoms with Crippen LogP contribution in [0.1, 0.15) is 37.9 Å². The molecule has 0 spiro atoms. The number of hydrogen-bond donors (Lipinski definition) is 1. The third-order valence-corrected chi connectivity index (χ3v) is 2.69. The fraction of sp³-hybridized carbons (Fsp3) is 0.818. The maximum atomic E-state index is 5.54. The molecular formula is C11H19N3O2. The van der Waals surface area contributed by atoms with Crippen molar-refractivity contribution in [1.82, 2.24) is 15.5 Å². The molecule has 1 aromatic heterocycles. The Hall–Kier alpha value is -0.940. The number of nitrogens with one attached hydrogen (secondary N) is 1. The molecule has 0 saturated carbocycles. The first-order chi connectivity index (χ1) is 7.88. The maximum Gasteiger partial charge on any atom is 0.252 e. The van der Waals surface area contributed by atoms with Gasteiger partial charge in [0, 0.05) is 12.5 Å². The van der Waals surface area contributed by atoms with E-state index in [4.69, 9.17) is 9.26 Å². The van der Waals surface area contributed by atoms with Crippen LogP contribution >= 0.6 is 0 Å². The monoisotopic (exact) mass is 225 g/mol. The van der Waals surface area contributed by atoms with Crippen molar-refractivity contribution in [2.45, 2.75) is 45.3 Å². The minimum Gasteiger partial charge on any atom is -0.370 e. The van der Waals surface area contributed by atoms with E-state index in [1.807, 2.05) is 0 Å². The highest BCUT2D eigenvalue weighted by Crippen LogP contribution is 2.07. The van der Waals surface area contributed by atoms with Crippen LogP contribution in [0.15, 0.2) is 4.52 Å². The molecule has 2 rings (SSSR count). The van der Waals surface area contributed by atoms with Crippen molar-refractivity contribution in [2.24, 2.45) is 0 Å². The van der Waals surface area contributed by atoms with Gasteiger partial charge in [0.15, 0.2) is 5.82 Å². The molecule has 5 nitrogen and oxygen atoms in total. The molecule has 16 heavy (non-hydrogen) atoms. The summed E-state index contributed by atoms with van der Waals surface area (Å²) >= 11 is 0. The topological polar surface area (TPSA) is 60.2 Å². The molecule has 0 radical (unpaired) electrons. The van der Waals surface area contributed by atoms with Gasteiger partial charge in [-0.05, 0) is 25.8 Å². The Balaban J connectivity index is 1.67. The van der Waals surface area contributed by atoms with Crippen molar-refractivity contribution in [2.75, 3.05) is 13.2 Å². The predicted octanol–water partition coefficient (Wildman–Crippen LogP) is 1.29. The summed E-state index contributed by atoms with van der Waals surface area (Å²) in [7, 11) is 0. The lowest BCUT2D eigenvalue weighted by molar-refractivity contribution is 0.0831. The molecule has 0 bridgehead atoms. The molecule has 5 heteroatoms. The summed E-state index contributed by atoms with van der Waals surface area (Å²) in [5, 5.41) is 7.25. The fourth-order valence-corrected chi connectivity index (χ4v) is 1.86. The smallest absolute Gasteiger partial charge is 0.252 e. The van der Waals surface area contributed by atoms with Crippen LogP contribution < -0.4 is 5.32 Å². The third-order valence-electron chi connectivity index (χ3n) is 2.69. The standard InChI is InChI=1S/C11H19N3O2/c1-2-4-10-13-11(16-14-10)8-15-7-9-5-3-6-12-9/h9,12H,2-8H2,1H3. The summed E-state index contributed by atoms with van der Waals surface area (Å²) in [6.07, 6.45) is 4.35. The van der Waals surface area contributed by atoms with Gasteiger partial charge < -0.3 is 14.6 Å². The Labute approximate surface area is 95.6 Å². The minimum absolute atomic E-state index is 0.425. The van der Waals surface area contributed by atoms with Crippen molar-refractivity contribution in [3.05, 3.63) is 11.7 Å². The van der Waals surface area contributed by atoms with Crippen molar-refractivity contribution in [1.29, 1.82) is 0 Å². The number of aromatic nitrogens is 2. The Kier molecular flexibility index (Phi) is 4.30. The van der Waals surface area contributed by atoms with Crippen LogP contribution in [0.25, 0.3) is 0 Å². The lowest BCUT2D eigenvalue weighted by Crippen LogP contribution is -2.26. The van der Waals surface area contributed by atoms with E-state index < -0.39 is 0 Å². The molecular weight excluding hydrogens is 206 g/mol. The van der Waals surface area contributed by atoms with Gasteiger partial charge in [-0.25, -0.2) is 0 Å². The molecule has 1 atom stereocenters. The van der Waals surface area contributed by atoms with Crippen LogP contribution in [0, 0.1) is 0 Å². The second-order valence-electron chi connectivity index (χ2n) is 4.16. The number of aryl methyl sites for hydroxylation is 1. The zero-order valence-corrected chi connectivity index (χ0v) is 9.74. The van der Waals surface area contributed by atoms with Gasteiger partial charge in [0.2, 0.25) is 0 Å². The van der Waals surface area contributed by atoms with E-state index in [-0.39, 0.29) is 0 Å². The maximum absolute atomic E-state index is 5.54. The average Bonchev–Trinajstić information content (AvgIpc) is 2.90. The molecule has 1 N–H and O–H groups in total. The van der Waals surface area contributed by atoms with Crippen molar-refractivity contribution < 1.29 is 9.26 Å². The van der Waals surface area contributed by atoms with Gasteiger partial charge >= 0.3 is 0 Å². The van der Waals surface area contributed by atoms with Crippen LogP contribution in [0.3, 0.4) is 0 Å². The van der Waals surface area contributed by atoms with Crippen molar-refractivity contribution in [3.63, 3.8) is 0 Å². The minimum atomic E-state index is 0.425. The van der Waals surface area contributed by atoms with Gasteiger partial charge in [-0.2, -0.15) is 4.98 Å². The summed E-state index contributed by atoms with van der Waals surface area (Å²) in [5.74, 6) is 1.36. The van der Waals surface area contributed by atoms with Crippen LogP contribution in [0.5, 0.6) is 0 Å². The molecule has 1 fully saturated rings. The zero-order valence-electron chi connectivity index (χ0n) is 9.74. The molecule has 1 saturated heterocycles. The first kappa shape index (κ1) is 11.5. The van der Waals surface area contributed by atoms with Gasteiger partial charge in [-0.15, -0.1) is 0 Å². The largest absolute Gasteiger partial charge is 0.370 e.